The molecule has 0 aliphatic carbocycles. The SMILES string of the molecule is CCN(CC)CCN(c1ccc2c(c1)nc(CCc1ccc(C(N)=NO)cc1)n2C)S(=O)(=O)c1ccc2ccccc2c1. The van der Waals surface area contributed by atoms with Crippen LogP contribution in [-0.2, 0) is 29.9 Å². The lowest BCUT2D eigenvalue weighted by atomic mass is 10.1. The summed E-state index contributed by atoms with van der Waals surface area (Å²) in [6, 6.07) is 26.4. The van der Waals surface area contributed by atoms with Gasteiger partial charge in [-0.2, -0.15) is 0 Å². The van der Waals surface area contributed by atoms with Crippen LogP contribution in [0.1, 0.15) is 30.8 Å². The lowest BCUT2D eigenvalue weighted by molar-refractivity contribution is 0.313. The quantitative estimate of drug-likeness (QED) is 0.0889. The molecule has 0 atom stereocenters. The van der Waals surface area contributed by atoms with Gasteiger partial charge in [0.25, 0.3) is 10.0 Å². The maximum atomic E-state index is 14.2. The van der Waals surface area contributed by atoms with Gasteiger partial charge in [-0.15, -0.1) is 0 Å². The molecule has 10 heteroatoms. The van der Waals surface area contributed by atoms with Gasteiger partial charge in [-0.1, -0.05) is 73.6 Å². The van der Waals surface area contributed by atoms with E-state index in [-0.39, 0.29) is 10.7 Å². The van der Waals surface area contributed by atoms with Crippen LogP contribution >= 0.6 is 0 Å². The van der Waals surface area contributed by atoms with E-state index >= 15 is 0 Å². The van der Waals surface area contributed by atoms with Crippen molar-refractivity contribution in [3.8, 4) is 0 Å². The standard InChI is InChI=1S/C33H38N6O3S/c1-4-38(5-2)20-21-39(43(41,42)29-17-15-25-8-6-7-9-27(25)22-29)28-16-18-31-30(23-28)35-32(37(31)3)19-12-24-10-13-26(14-11-24)33(34)36-40/h6-11,13-18,22-23,40H,4-5,12,19-21H2,1-3H3,(H2,34,36). The van der Waals surface area contributed by atoms with Gasteiger partial charge in [0.1, 0.15) is 5.82 Å². The number of sulfonamides is 1. The van der Waals surface area contributed by atoms with E-state index in [0.29, 0.717) is 30.8 Å². The molecule has 1 heterocycles. The molecular weight excluding hydrogens is 560 g/mol. The molecule has 0 aliphatic heterocycles. The van der Waals surface area contributed by atoms with Crippen LogP contribution in [0.15, 0.2) is 95.0 Å². The minimum atomic E-state index is -3.85. The number of hydrogen-bond acceptors (Lipinski definition) is 6. The van der Waals surface area contributed by atoms with E-state index in [1.165, 1.54) is 4.31 Å². The molecular formula is C33H38N6O3S. The number of nitrogens with zero attached hydrogens (tertiary/aromatic N) is 5. The highest BCUT2D eigenvalue weighted by atomic mass is 32.2. The van der Waals surface area contributed by atoms with Crippen molar-refractivity contribution >= 4 is 43.4 Å². The van der Waals surface area contributed by atoms with Gasteiger partial charge in [0, 0.05) is 32.1 Å². The molecule has 0 saturated heterocycles. The molecule has 5 aromatic rings. The number of anilines is 1. The number of imidazole rings is 1. The van der Waals surface area contributed by atoms with E-state index in [4.69, 9.17) is 15.9 Å². The molecule has 0 spiro atoms. The van der Waals surface area contributed by atoms with Gasteiger partial charge in [0.05, 0.1) is 21.6 Å². The first-order chi connectivity index (χ1) is 20.7. The number of amidine groups is 1. The molecule has 5 rings (SSSR count). The Kier molecular flexibility index (Phi) is 8.98. The summed E-state index contributed by atoms with van der Waals surface area (Å²) in [5.41, 5.74) is 9.72. The van der Waals surface area contributed by atoms with Crippen LogP contribution < -0.4 is 10.0 Å². The van der Waals surface area contributed by atoms with Crippen LogP contribution in [0.5, 0.6) is 0 Å². The van der Waals surface area contributed by atoms with E-state index in [2.05, 4.69) is 28.5 Å². The van der Waals surface area contributed by atoms with Crippen molar-refractivity contribution in [1.29, 1.82) is 0 Å². The summed E-state index contributed by atoms with van der Waals surface area (Å²) >= 11 is 0. The van der Waals surface area contributed by atoms with Crippen molar-refractivity contribution in [2.45, 2.75) is 31.6 Å². The minimum absolute atomic E-state index is 0.0754. The van der Waals surface area contributed by atoms with Crippen LogP contribution in [0.2, 0.25) is 0 Å². The summed E-state index contributed by atoms with van der Waals surface area (Å²) in [5, 5.41) is 13.8. The zero-order chi connectivity index (χ0) is 30.6. The van der Waals surface area contributed by atoms with Gasteiger partial charge in [-0.05, 0) is 66.2 Å². The Bertz CT molecular complexity index is 1860. The van der Waals surface area contributed by atoms with Crippen molar-refractivity contribution in [3.05, 3.63) is 102 Å². The van der Waals surface area contributed by atoms with Gasteiger partial charge in [-0.25, -0.2) is 13.4 Å². The fourth-order valence-corrected chi connectivity index (χ4v) is 6.87. The number of likely N-dealkylation sites (N-methyl/N-ethyl adjacent to an activating group) is 1. The number of aromatic nitrogens is 2. The average molecular weight is 599 g/mol. The highest BCUT2D eigenvalue weighted by Crippen LogP contribution is 2.29. The monoisotopic (exact) mass is 598 g/mol. The first kappa shape index (κ1) is 30.1. The number of oxime groups is 1. The fourth-order valence-electron chi connectivity index (χ4n) is 5.39. The zero-order valence-electron chi connectivity index (χ0n) is 24.8. The minimum Gasteiger partial charge on any atom is -0.409 e. The van der Waals surface area contributed by atoms with E-state index in [1.807, 2.05) is 79.8 Å². The lowest BCUT2D eigenvalue weighted by Gasteiger charge is -2.28. The number of fused-ring (bicyclic) bond motifs is 2. The summed E-state index contributed by atoms with van der Waals surface area (Å²) in [7, 11) is -1.87. The van der Waals surface area contributed by atoms with E-state index in [0.717, 1.165) is 52.7 Å². The van der Waals surface area contributed by atoms with Crippen LogP contribution in [0.25, 0.3) is 21.8 Å². The van der Waals surface area contributed by atoms with Gasteiger partial charge in [0.15, 0.2) is 5.84 Å². The van der Waals surface area contributed by atoms with Crippen LogP contribution in [0, 0.1) is 0 Å². The molecule has 4 aromatic carbocycles. The van der Waals surface area contributed by atoms with Crippen molar-refractivity contribution in [2.24, 2.45) is 17.9 Å². The molecule has 0 radical (unpaired) electrons. The molecule has 224 valence electrons. The number of benzene rings is 4. The van der Waals surface area contributed by atoms with Gasteiger partial charge >= 0.3 is 0 Å². The maximum Gasteiger partial charge on any atom is 0.264 e. The summed E-state index contributed by atoms with van der Waals surface area (Å²) in [6.45, 7) is 6.78. The second-order valence-corrected chi connectivity index (χ2v) is 12.4. The smallest absolute Gasteiger partial charge is 0.264 e. The molecule has 9 nitrogen and oxygen atoms in total. The van der Waals surface area contributed by atoms with Crippen LogP contribution in [-0.4, -0.2) is 60.1 Å². The molecule has 3 N–H and O–H groups in total. The van der Waals surface area contributed by atoms with Crippen LogP contribution in [0.4, 0.5) is 5.69 Å². The van der Waals surface area contributed by atoms with Crippen molar-refractivity contribution in [1.82, 2.24) is 14.5 Å². The Labute approximate surface area is 252 Å². The van der Waals surface area contributed by atoms with E-state index < -0.39 is 10.0 Å². The average Bonchev–Trinajstić information content (AvgIpc) is 3.35. The van der Waals surface area contributed by atoms with Crippen molar-refractivity contribution in [3.63, 3.8) is 0 Å². The zero-order valence-corrected chi connectivity index (χ0v) is 25.6. The Balaban J connectivity index is 1.45. The normalized spacial score (nSPS) is 12.4. The Morgan fingerprint density at radius 3 is 2.33 bits per heavy atom. The predicted octanol–water partition coefficient (Wildman–Crippen LogP) is 5.14. The highest BCUT2D eigenvalue weighted by Gasteiger charge is 2.26. The molecule has 0 aliphatic rings. The summed E-state index contributed by atoms with van der Waals surface area (Å²) in [4.78, 5) is 7.40. The lowest BCUT2D eigenvalue weighted by Crippen LogP contribution is -2.38. The topological polar surface area (TPSA) is 117 Å². The third kappa shape index (κ3) is 6.35. The number of aryl methyl sites for hydroxylation is 3. The van der Waals surface area contributed by atoms with Gasteiger partial charge in [0.2, 0.25) is 0 Å². The summed E-state index contributed by atoms with van der Waals surface area (Å²) in [6.07, 6.45) is 1.46. The Hall–Kier alpha value is -4.41. The summed E-state index contributed by atoms with van der Waals surface area (Å²) in [5.74, 6) is 0.978. The van der Waals surface area contributed by atoms with Crippen molar-refractivity contribution < 1.29 is 13.6 Å². The first-order valence-corrected chi connectivity index (χ1v) is 15.9. The third-order valence-electron chi connectivity index (χ3n) is 8.06. The van der Waals surface area contributed by atoms with Gasteiger partial charge < -0.3 is 20.4 Å². The molecule has 1 aromatic heterocycles. The molecule has 0 bridgehead atoms. The van der Waals surface area contributed by atoms with Crippen molar-refractivity contribution in [2.75, 3.05) is 30.5 Å². The first-order valence-electron chi connectivity index (χ1n) is 14.5. The fraction of sp³-hybridized carbons (Fsp3) is 0.273. The molecule has 0 fully saturated rings. The molecule has 0 saturated carbocycles. The van der Waals surface area contributed by atoms with E-state index in [9.17, 15) is 8.42 Å². The maximum absolute atomic E-state index is 14.2. The van der Waals surface area contributed by atoms with Gasteiger partial charge in [-0.3, -0.25) is 4.31 Å². The highest BCUT2D eigenvalue weighted by molar-refractivity contribution is 7.92. The molecule has 43 heavy (non-hydrogen) atoms. The predicted molar refractivity (Wildman–Crippen MR) is 173 cm³/mol. The number of rotatable bonds is 12. The Morgan fingerprint density at radius 1 is 0.907 bits per heavy atom. The second-order valence-electron chi connectivity index (χ2n) is 10.6. The van der Waals surface area contributed by atoms with E-state index in [1.54, 1.807) is 12.1 Å². The number of nitrogens with two attached hydrogens (primary N) is 1. The summed E-state index contributed by atoms with van der Waals surface area (Å²) < 4.78 is 31.9. The molecule has 0 amide bonds. The largest absolute Gasteiger partial charge is 0.409 e. The Morgan fingerprint density at radius 2 is 1.63 bits per heavy atom. The second kappa shape index (κ2) is 12.8. The third-order valence-corrected chi connectivity index (χ3v) is 9.89. The molecule has 0 unspecified atom stereocenters. The number of hydrogen-bond donors (Lipinski definition) is 2. The van der Waals surface area contributed by atoms with Crippen LogP contribution in [0.3, 0.4) is 0 Å².